The van der Waals surface area contributed by atoms with Gasteiger partial charge < -0.3 is 4.74 Å². The van der Waals surface area contributed by atoms with Crippen LogP contribution in [0.4, 0.5) is 0 Å². The molecule has 3 rings (SSSR count). The fraction of sp³-hybridized carbons (Fsp3) is 0.474. The van der Waals surface area contributed by atoms with Crippen molar-refractivity contribution < 1.29 is 4.74 Å². The Bertz CT molecular complexity index is 753. The van der Waals surface area contributed by atoms with E-state index in [-0.39, 0.29) is 11.7 Å². The number of aryl methyl sites for hydroxylation is 1. The Balaban J connectivity index is 1.94. The third-order valence-electron chi connectivity index (χ3n) is 4.40. The minimum Gasteiger partial charge on any atom is -0.376 e. The van der Waals surface area contributed by atoms with Crippen LogP contribution in [0.25, 0.3) is 5.69 Å². The highest BCUT2D eigenvalue weighted by Crippen LogP contribution is 2.14. The number of nitrogens with zero attached hydrogens (tertiary/aromatic N) is 2. The predicted molar refractivity (Wildman–Crippen MR) is 96.4 cm³/mol. The van der Waals surface area contributed by atoms with Gasteiger partial charge in [0.2, 0.25) is 0 Å². The molecule has 0 radical (unpaired) electrons. The van der Waals surface area contributed by atoms with Gasteiger partial charge in [0, 0.05) is 18.0 Å². The quantitative estimate of drug-likeness (QED) is 0.829. The summed E-state index contributed by atoms with van der Waals surface area (Å²) >= 11 is 0. The van der Waals surface area contributed by atoms with Crippen LogP contribution < -0.4 is 5.56 Å². The molecular weight excluding hydrogens is 302 g/mol. The lowest BCUT2D eigenvalue weighted by Crippen LogP contribution is -2.20. The van der Waals surface area contributed by atoms with Crippen LogP contribution >= 0.6 is 0 Å². The van der Waals surface area contributed by atoms with Crippen LogP contribution in [0.1, 0.15) is 44.4 Å². The summed E-state index contributed by atoms with van der Waals surface area (Å²) in [5.74, 6) is 0. The van der Waals surface area contributed by atoms with Gasteiger partial charge in [-0.25, -0.2) is 4.68 Å². The summed E-state index contributed by atoms with van der Waals surface area (Å²) in [6, 6.07) is 9.66. The first-order valence-electron chi connectivity index (χ1n) is 8.73. The van der Waals surface area contributed by atoms with E-state index in [0.717, 1.165) is 49.4 Å². The molecule has 0 aliphatic carbocycles. The minimum absolute atomic E-state index is 0.0294. The van der Waals surface area contributed by atoms with Crippen molar-refractivity contribution in [3.05, 3.63) is 51.9 Å². The molecule has 0 amide bonds. The molecule has 1 fully saturated rings. The van der Waals surface area contributed by atoms with Crippen LogP contribution in [0.15, 0.2) is 40.1 Å². The lowest BCUT2D eigenvalue weighted by molar-refractivity contribution is 0.118. The molecule has 5 nitrogen and oxygen atoms in total. The average molecular weight is 327 g/mol. The van der Waals surface area contributed by atoms with Gasteiger partial charge in [-0.3, -0.25) is 14.9 Å². The van der Waals surface area contributed by atoms with E-state index < -0.39 is 0 Å². The number of aromatic amines is 1. The Labute approximate surface area is 142 Å². The number of hydrogen-bond donors (Lipinski definition) is 1. The maximum atomic E-state index is 12.9. The zero-order valence-electron chi connectivity index (χ0n) is 14.4. The summed E-state index contributed by atoms with van der Waals surface area (Å²) in [5, 5.41) is 3.27. The van der Waals surface area contributed by atoms with Gasteiger partial charge in [-0.15, -0.1) is 0 Å². The molecule has 1 saturated heterocycles. The van der Waals surface area contributed by atoms with Crippen molar-refractivity contribution in [2.45, 2.75) is 45.6 Å². The Morgan fingerprint density at radius 3 is 2.83 bits per heavy atom. The highest BCUT2D eigenvalue weighted by Gasteiger charge is 2.19. The van der Waals surface area contributed by atoms with Gasteiger partial charge in [0.15, 0.2) is 0 Å². The lowest BCUT2D eigenvalue weighted by atomic mass is 10.1. The summed E-state index contributed by atoms with van der Waals surface area (Å²) in [7, 11) is 0. The maximum Gasteiger partial charge on any atom is 0.280 e. The number of H-pyrrole nitrogens is 1. The molecule has 1 aliphatic rings. The standard InChI is InChI=1S/C19H25N3O2/c1-3-8-17-18(14(2)20-13-16-11-7-12-24-16)19(23)22(21-17)15-9-5-4-6-10-15/h4-6,9-10,16,21H,3,7-8,11-13H2,1-2H3/t16-/m0/s1. The monoisotopic (exact) mass is 327 g/mol. The van der Waals surface area contributed by atoms with Gasteiger partial charge >= 0.3 is 0 Å². The molecule has 5 heteroatoms. The molecule has 1 aromatic carbocycles. The molecule has 2 aromatic rings. The smallest absolute Gasteiger partial charge is 0.280 e. The van der Waals surface area contributed by atoms with Crippen molar-refractivity contribution in [2.75, 3.05) is 13.2 Å². The Kier molecular flexibility index (Phi) is 5.30. The lowest BCUT2D eigenvalue weighted by Gasteiger charge is -2.06. The van der Waals surface area contributed by atoms with E-state index >= 15 is 0 Å². The van der Waals surface area contributed by atoms with E-state index in [2.05, 4.69) is 17.0 Å². The summed E-state index contributed by atoms with van der Waals surface area (Å²) in [6.45, 7) is 5.49. The van der Waals surface area contributed by atoms with Gasteiger partial charge in [0.05, 0.1) is 23.9 Å². The van der Waals surface area contributed by atoms with Crippen molar-refractivity contribution in [1.29, 1.82) is 0 Å². The van der Waals surface area contributed by atoms with Crippen LogP contribution in [-0.4, -0.2) is 34.7 Å². The second-order valence-electron chi connectivity index (χ2n) is 6.25. The fourth-order valence-corrected chi connectivity index (χ4v) is 3.15. The predicted octanol–water partition coefficient (Wildman–Crippen LogP) is 3.11. The number of ether oxygens (including phenoxy) is 1. The largest absolute Gasteiger partial charge is 0.376 e. The number of hydrogen-bond acceptors (Lipinski definition) is 3. The van der Waals surface area contributed by atoms with Crippen LogP contribution in [0, 0.1) is 0 Å². The zero-order valence-corrected chi connectivity index (χ0v) is 14.4. The summed E-state index contributed by atoms with van der Waals surface area (Å²) in [4.78, 5) is 17.6. The first-order valence-corrected chi connectivity index (χ1v) is 8.73. The van der Waals surface area contributed by atoms with Crippen molar-refractivity contribution in [2.24, 2.45) is 4.99 Å². The molecule has 1 aliphatic heterocycles. The SMILES string of the molecule is CCCc1[nH]n(-c2ccccc2)c(=O)c1C(C)=NC[C@@H]1CCCO1. The van der Waals surface area contributed by atoms with Crippen molar-refractivity contribution in [3.63, 3.8) is 0 Å². The molecule has 1 aromatic heterocycles. The normalized spacial score (nSPS) is 18.2. The third kappa shape index (κ3) is 3.51. The Morgan fingerprint density at radius 2 is 2.17 bits per heavy atom. The third-order valence-corrected chi connectivity index (χ3v) is 4.40. The number of rotatable bonds is 6. The van der Waals surface area contributed by atoms with E-state index in [0.29, 0.717) is 12.1 Å². The second-order valence-corrected chi connectivity index (χ2v) is 6.25. The number of nitrogens with one attached hydrogen (secondary N) is 1. The van der Waals surface area contributed by atoms with E-state index in [1.165, 1.54) is 0 Å². The van der Waals surface area contributed by atoms with Crippen molar-refractivity contribution in [3.8, 4) is 5.69 Å². The zero-order chi connectivity index (χ0) is 16.9. The van der Waals surface area contributed by atoms with E-state index in [1.54, 1.807) is 4.68 Å². The van der Waals surface area contributed by atoms with Crippen molar-refractivity contribution >= 4 is 5.71 Å². The molecule has 0 spiro atoms. The first kappa shape index (κ1) is 16.7. The van der Waals surface area contributed by atoms with Gasteiger partial charge in [-0.05, 0) is 38.3 Å². The second kappa shape index (κ2) is 7.62. The summed E-state index contributed by atoms with van der Waals surface area (Å²) < 4.78 is 7.24. The van der Waals surface area contributed by atoms with Crippen molar-refractivity contribution in [1.82, 2.24) is 9.78 Å². The number of para-hydroxylation sites is 1. The number of benzene rings is 1. The minimum atomic E-state index is -0.0294. The highest BCUT2D eigenvalue weighted by atomic mass is 16.5. The molecule has 1 atom stereocenters. The fourth-order valence-electron chi connectivity index (χ4n) is 3.15. The highest BCUT2D eigenvalue weighted by molar-refractivity contribution is 5.99. The molecular formula is C19H25N3O2. The maximum absolute atomic E-state index is 12.9. The molecule has 0 bridgehead atoms. The topological polar surface area (TPSA) is 59.4 Å². The van der Waals surface area contributed by atoms with Gasteiger partial charge in [-0.2, -0.15) is 0 Å². The molecule has 2 heterocycles. The van der Waals surface area contributed by atoms with E-state index in [4.69, 9.17) is 4.74 Å². The van der Waals surface area contributed by atoms with Gasteiger partial charge in [-0.1, -0.05) is 31.5 Å². The molecule has 24 heavy (non-hydrogen) atoms. The number of aliphatic imine (C=N–C) groups is 1. The molecule has 0 unspecified atom stereocenters. The molecule has 0 saturated carbocycles. The van der Waals surface area contributed by atoms with Crippen LogP contribution in [0.2, 0.25) is 0 Å². The summed E-state index contributed by atoms with van der Waals surface area (Å²) in [6.07, 6.45) is 4.16. The average Bonchev–Trinajstić information content (AvgIpc) is 3.22. The van der Waals surface area contributed by atoms with E-state index in [1.807, 2.05) is 37.3 Å². The van der Waals surface area contributed by atoms with E-state index in [9.17, 15) is 4.79 Å². The Hall–Kier alpha value is -2.14. The summed E-state index contributed by atoms with van der Waals surface area (Å²) in [5.41, 5.74) is 3.28. The van der Waals surface area contributed by atoms with Crippen LogP contribution in [-0.2, 0) is 11.2 Å². The van der Waals surface area contributed by atoms with Gasteiger partial charge in [0.1, 0.15) is 0 Å². The molecule has 128 valence electrons. The van der Waals surface area contributed by atoms with Crippen LogP contribution in [0.3, 0.4) is 0 Å². The first-order chi connectivity index (χ1) is 11.7. The van der Waals surface area contributed by atoms with Gasteiger partial charge in [0.25, 0.3) is 5.56 Å². The van der Waals surface area contributed by atoms with Crippen LogP contribution in [0.5, 0.6) is 0 Å². The Morgan fingerprint density at radius 1 is 1.38 bits per heavy atom. The molecule has 1 N–H and O–H groups in total. The number of aromatic nitrogens is 2.